The fourth-order valence-electron chi connectivity index (χ4n) is 9.04. The number of benzene rings is 4. The second kappa shape index (κ2) is 19.5. The SMILES string of the molecule is CCC(CC)c1ccc(Cl)c2nc3n(c12)CCCCN3c1ccc(OC(F)(F)F)cc1.CCC(CC)c1ccc(Cl)c2nc3n(c12)CCCCN3c1ccc(OC(F)(F)F)cc1C=O. The second-order valence-electron chi connectivity index (χ2n) is 16.0. The van der Waals surface area contributed by atoms with E-state index in [-0.39, 0.29) is 11.3 Å². The van der Waals surface area contributed by atoms with Crippen LogP contribution in [0.1, 0.15) is 112 Å². The summed E-state index contributed by atoms with van der Waals surface area (Å²) in [7, 11) is 0. The molecule has 0 saturated heterocycles. The number of nitrogens with zero attached hydrogens (tertiary/aromatic N) is 6. The summed E-state index contributed by atoms with van der Waals surface area (Å²) in [6, 6.07) is 17.7. The van der Waals surface area contributed by atoms with Crippen molar-refractivity contribution >= 4 is 74.8 Å². The smallest absolute Gasteiger partial charge is 0.406 e. The number of halogens is 8. The van der Waals surface area contributed by atoms with Crippen molar-refractivity contribution in [2.45, 2.75) is 117 Å². The molecule has 0 N–H and O–H groups in total. The van der Waals surface area contributed by atoms with Gasteiger partial charge in [0.2, 0.25) is 11.9 Å². The van der Waals surface area contributed by atoms with Crippen molar-refractivity contribution in [3.63, 3.8) is 0 Å². The van der Waals surface area contributed by atoms with E-state index in [1.54, 1.807) is 12.1 Å². The monoisotopic (exact) mass is 930 g/mol. The number of ether oxygens (including phenoxy) is 2. The van der Waals surface area contributed by atoms with Crippen molar-refractivity contribution in [1.29, 1.82) is 0 Å². The molecule has 2 aromatic heterocycles. The van der Waals surface area contributed by atoms with Gasteiger partial charge in [-0.05, 0) is 129 Å². The fourth-order valence-corrected chi connectivity index (χ4v) is 9.43. The predicted octanol–water partition coefficient (Wildman–Crippen LogP) is 14.7. The highest BCUT2D eigenvalue weighted by Crippen LogP contribution is 2.42. The van der Waals surface area contributed by atoms with Crippen LogP contribution in [0, 0.1) is 0 Å². The molecule has 0 unspecified atom stereocenters. The Hall–Kier alpha value is -5.15. The molecule has 17 heteroatoms. The van der Waals surface area contributed by atoms with E-state index >= 15 is 0 Å². The molecule has 0 aliphatic carbocycles. The lowest BCUT2D eigenvalue weighted by Crippen LogP contribution is -2.22. The van der Waals surface area contributed by atoms with Crippen LogP contribution >= 0.6 is 23.2 Å². The van der Waals surface area contributed by atoms with Crippen LogP contribution in [0.4, 0.5) is 49.6 Å². The first-order valence-corrected chi connectivity index (χ1v) is 22.5. The number of carbonyl (C=O) groups excluding carboxylic acids is 1. The van der Waals surface area contributed by atoms with Gasteiger partial charge in [0.15, 0.2) is 6.29 Å². The zero-order chi connectivity index (χ0) is 45.9. The minimum absolute atomic E-state index is 0.101. The van der Waals surface area contributed by atoms with Crippen molar-refractivity contribution in [1.82, 2.24) is 19.1 Å². The maximum Gasteiger partial charge on any atom is 0.573 e. The van der Waals surface area contributed by atoms with Gasteiger partial charge in [0.25, 0.3) is 0 Å². The maximum atomic E-state index is 12.7. The quantitative estimate of drug-likeness (QED) is 0.0946. The standard InChI is InChI=1S/C24H25ClF3N3O2.C23H25ClF3N3O/c1-3-15(4-2)18-8-9-19(25)21-22(18)31-12-6-5-11-30(23(31)29-21)20-10-7-17(13-16(20)14-32)33-24(26,27)28;1-3-15(4-2)18-11-12-19(24)20-21(18)30-14-6-5-13-29(22(30)28-20)16-7-9-17(10-8-16)31-23(25,26)27/h7-10,13-15H,3-6,11-12H2,1-2H3;7-12,15H,3-6,13-14H2,1-2H3. The van der Waals surface area contributed by atoms with E-state index in [1.165, 1.54) is 35.4 Å². The summed E-state index contributed by atoms with van der Waals surface area (Å²) in [5.41, 5.74) is 7.33. The highest BCUT2D eigenvalue weighted by Gasteiger charge is 2.33. The molecule has 4 aromatic carbocycles. The number of alkyl halides is 6. The minimum Gasteiger partial charge on any atom is -0.406 e. The third-order valence-corrected chi connectivity index (χ3v) is 12.7. The van der Waals surface area contributed by atoms with Crippen LogP contribution in [0.25, 0.3) is 22.1 Å². The van der Waals surface area contributed by atoms with Gasteiger partial charge in [-0.15, -0.1) is 26.3 Å². The summed E-state index contributed by atoms with van der Waals surface area (Å²) in [5.74, 6) is 1.50. The van der Waals surface area contributed by atoms with E-state index in [9.17, 15) is 31.1 Å². The average Bonchev–Trinajstić information content (AvgIpc) is 3.67. The van der Waals surface area contributed by atoms with Crippen LogP contribution in [0.5, 0.6) is 11.5 Å². The van der Waals surface area contributed by atoms with Gasteiger partial charge in [0, 0.05) is 37.4 Å². The second-order valence-corrected chi connectivity index (χ2v) is 16.8. The van der Waals surface area contributed by atoms with Gasteiger partial charge >= 0.3 is 12.7 Å². The molecule has 4 heterocycles. The summed E-state index contributed by atoms with van der Waals surface area (Å²) in [5, 5.41) is 1.16. The molecule has 0 amide bonds. The molecule has 0 bridgehead atoms. The topological polar surface area (TPSA) is 77.7 Å². The van der Waals surface area contributed by atoms with Gasteiger partial charge in [-0.3, -0.25) is 4.79 Å². The average molecular weight is 932 g/mol. The maximum absolute atomic E-state index is 12.7. The molecule has 64 heavy (non-hydrogen) atoms. The Kier molecular flexibility index (Phi) is 14.3. The number of anilines is 4. The van der Waals surface area contributed by atoms with E-state index in [1.807, 2.05) is 17.0 Å². The summed E-state index contributed by atoms with van der Waals surface area (Å²) >= 11 is 13.1. The molecule has 0 atom stereocenters. The van der Waals surface area contributed by atoms with Gasteiger partial charge in [-0.1, -0.05) is 63.0 Å². The van der Waals surface area contributed by atoms with Gasteiger partial charge in [0.1, 0.15) is 22.5 Å². The number of aromatic nitrogens is 4. The molecule has 2 aliphatic heterocycles. The van der Waals surface area contributed by atoms with E-state index in [0.29, 0.717) is 51.9 Å². The fraction of sp³-hybridized carbons (Fsp3) is 0.426. The Morgan fingerprint density at radius 1 is 0.609 bits per heavy atom. The first-order valence-electron chi connectivity index (χ1n) is 21.7. The predicted molar refractivity (Wildman–Crippen MR) is 240 cm³/mol. The first-order chi connectivity index (χ1) is 30.6. The zero-order valence-electron chi connectivity index (χ0n) is 36.0. The van der Waals surface area contributed by atoms with Crippen LogP contribution in [0.3, 0.4) is 0 Å². The molecule has 2 aliphatic rings. The Morgan fingerprint density at radius 2 is 1.05 bits per heavy atom. The van der Waals surface area contributed by atoms with Crippen molar-refractivity contribution in [3.05, 3.63) is 93.5 Å². The van der Waals surface area contributed by atoms with Crippen molar-refractivity contribution in [3.8, 4) is 11.5 Å². The van der Waals surface area contributed by atoms with Gasteiger partial charge < -0.3 is 28.4 Å². The van der Waals surface area contributed by atoms with Crippen molar-refractivity contribution < 1.29 is 40.6 Å². The first kappa shape index (κ1) is 46.8. The molecular weight excluding hydrogens is 881 g/mol. The van der Waals surface area contributed by atoms with Crippen molar-refractivity contribution in [2.75, 3.05) is 22.9 Å². The van der Waals surface area contributed by atoms with Gasteiger partial charge in [0.05, 0.1) is 26.8 Å². The molecule has 9 nitrogen and oxygen atoms in total. The molecule has 0 radical (unpaired) electrons. The molecule has 8 rings (SSSR count). The number of imidazole rings is 2. The lowest BCUT2D eigenvalue weighted by molar-refractivity contribution is -0.275. The molecule has 0 fully saturated rings. The highest BCUT2D eigenvalue weighted by atomic mass is 35.5. The molecular formula is C47H50Cl2F6N6O3. The Morgan fingerprint density at radius 3 is 1.52 bits per heavy atom. The van der Waals surface area contributed by atoms with E-state index in [4.69, 9.17) is 33.2 Å². The van der Waals surface area contributed by atoms with Crippen LogP contribution in [-0.4, -0.2) is 51.2 Å². The molecule has 6 aromatic rings. The summed E-state index contributed by atoms with van der Waals surface area (Å²) in [6.07, 6.45) is -1.32. The highest BCUT2D eigenvalue weighted by molar-refractivity contribution is 6.35. The van der Waals surface area contributed by atoms with Crippen LogP contribution < -0.4 is 19.3 Å². The molecule has 342 valence electrons. The Labute approximate surface area is 377 Å². The van der Waals surface area contributed by atoms with E-state index in [2.05, 4.69) is 63.3 Å². The van der Waals surface area contributed by atoms with Crippen molar-refractivity contribution in [2.24, 2.45) is 0 Å². The third-order valence-electron chi connectivity index (χ3n) is 12.1. The summed E-state index contributed by atoms with van der Waals surface area (Å²) < 4.78 is 87.8. The minimum atomic E-state index is -4.83. The lowest BCUT2D eigenvalue weighted by atomic mass is 9.93. The molecule has 0 spiro atoms. The number of carbonyl (C=O) groups is 1. The number of fused-ring (bicyclic) bond motifs is 6. The van der Waals surface area contributed by atoms with Gasteiger partial charge in [-0.25, -0.2) is 9.97 Å². The number of rotatable bonds is 11. The molecule has 0 saturated carbocycles. The number of hydrogen-bond donors (Lipinski definition) is 0. The number of hydrogen-bond acceptors (Lipinski definition) is 7. The Bertz CT molecular complexity index is 2590. The zero-order valence-corrected chi connectivity index (χ0v) is 37.5. The van der Waals surface area contributed by atoms with E-state index < -0.39 is 18.5 Å². The Balaban J connectivity index is 0.000000192. The largest absolute Gasteiger partial charge is 0.573 e. The van der Waals surface area contributed by atoms with Crippen LogP contribution in [0.15, 0.2) is 66.7 Å². The van der Waals surface area contributed by atoms with Crippen LogP contribution in [0.2, 0.25) is 10.0 Å². The van der Waals surface area contributed by atoms with Crippen LogP contribution in [-0.2, 0) is 13.1 Å². The van der Waals surface area contributed by atoms with E-state index in [0.717, 1.165) is 105 Å². The third kappa shape index (κ3) is 9.90. The number of aldehydes is 1. The van der Waals surface area contributed by atoms with Gasteiger partial charge in [-0.2, -0.15) is 0 Å². The summed E-state index contributed by atoms with van der Waals surface area (Å²) in [4.78, 5) is 25.5. The number of aryl methyl sites for hydroxylation is 2. The lowest BCUT2D eigenvalue weighted by Gasteiger charge is -2.24. The summed E-state index contributed by atoms with van der Waals surface area (Å²) in [6.45, 7) is 11.5. The normalized spacial score (nSPS) is 14.6.